The summed E-state index contributed by atoms with van der Waals surface area (Å²) < 4.78 is 0. The van der Waals surface area contributed by atoms with E-state index in [-0.39, 0.29) is 11.5 Å². The lowest BCUT2D eigenvalue weighted by atomic mass is 9.86. The molecule has 0 amide bonds. The van der Waals surface area contributed by atoms with E-state index in [9.17, 15) is 5.11 Å². The average Bonchev–Trinajstić information content (AvgIpc) is 2.22. The van der Waals surface area contributed by atoms with Crippen LogP contribution in [0.1, 0.15) is 43.1 Å². The van der Waals surface area contributed by atoms with Gasteiger partial charge in [0, 0.05) is 0 Å². The largest absolute Gasteiger partial charge is 0.388 e. The SMILES string of the molecule is Cc1ccc2c(c1)C(O)CC2(C)C. The third-order valence-electron chi connectivity index (χ3n) is 3.00. The molecule has 0 radical (unpaired) electrons. The van der Waals surface area contributed by atoms with E-state index in [1.54, 1.807) is 0 Å². The van der Waals surface area contributed by atoms with Gasteiger partial charge in [-0.05, 0) is 29.9 Å². The van der Waals surface area contributed by atoms with Crippen molar-refractivity contribution in [3.63, 3.8) is 0 Å². The van der Waals surface area contributed by atoms with Crippen molar-refractivity contribution in [3.8, 4) is 0 Å². The fraction of sp³-hybridized carbons (Fsp3) is 0.500. The molecule has 1 aromatic carbocycles. The summed E-state index contributed by atoms with van der Waals surface area (Å²) in [7, 11) is 0. The minimum atomic E-state index is -0.259. The molecule has 0 aromatic heterocycles. The molecule has 1 N–H and O–H groups in total. The molecule has 2 rings (SSSR count). The summed E-state index contributed by atoms with van der Waals surface area (Å²) in [6.45, 7) is 6.45. The second-order valence-electron chi connectivity index (χ2n) is 4.69. The maximum absolute atomic E-state index is 9.84. The number of aliphatic hydroxyl groups excluding tert-OH is 1. The molecule has 1 aromatic rings. The van der Waals surface area contributed by atoms with Gasteiger partial charge >= 0.3 is 0 Å². The molecule has 0 spiro atoms. The van der Waals surface area contributed by atoms with Crippen LogP contribution in [-0.2, 0) is 5.41 Å². The highest BCUT2D eigenvalue weighted by Gasteiger charge is 2.35. The van der Waals surface area contributed by atoms with Gasteiger partial charge in [0.1, 0.15) is 0 Å². The van der Waals surface area contributed by atoms with Crippen molar-refractivity contribution in [1.29, 1.82) is 0 Å². The van der Waals surface area contributed by atoms with Crippen molar-refractivity contribution in [2.45, 2.75) is 38.7 Å². The number of aryl methyl sites for hydroxylation is 1. The molecule has 13 heavy (non-hydrogen) atoms. The summed E-state index contributed by atoms with van der Waals surface area (Å²) in [5.74, 6) is 0. The third-order valence-corrected chi connectivity index (χ3v) is 3.00. The number of rotatable bonds is 0. The van der Waals surface area contributed by atoms with Crippen molar-refractivity contribution in [2.75, 3.05) is 0 Å². The molecule has 1 aliphatic carbocycles. The Hall–Kier alpha value is -0.820. The van der Waals surface area contributed by atoms with Crippen LogP contribution in [0.4, 0.5) is 0 Å². The lowest BCUT2D eigenvalue weighted by molar-refractivity contribution is 0.161. The fourth-order valence-electron chi connectivity index (χ4n) is 2.28. The van der Waals surface area contributed by atoms with Crippen LogP contribution in [0.25, 0.3) is 0 Å². The van der Waals surface area contributed by atoms with Gasteiger partial charge < -0.3 is 5.11 Å². The smallest absolute Gasteiger partial charge is 0.0801 e. The first-order chi connectivity index (χ1) is 6.00. The zero-order chi connectivity index (χ0) is 9.64. The van der Waals surface area contributed by atoms with Gasteiger partial charge in [0.15, 0.2) is 0 Å². The molecule has 1 heteroatoms. The number of benzene rings is 1. The summed E-state index contributed by atoms with van der Waals surface area (Å²) in [4.78, 5) is 0. The molecule has 0 fully saturated rings. The van der Waals surface area contributed by atoms with Crippen LogP contribution in [-0.4, -0.2) is 5.11 Å². The Bertz CT molecular complexity index is 339. The van der Waals surface area contributed by atoms with Crippen LogP contribution in [0.2, 0.25) is 0 Å². The molecular formula is C12H16O. The van der Waals surface area contributed by atoms with Gasteiger partial charge in [-0.3, -0.25) is 0 Å². The predicted molar refractivity (Wildman–Crippen MR) is 53.8 cm³/mol. The molecule has 0 saturated carbocycles. The maximum Gasteiger partial charge on any atom is 0.0801 e. The first-order valence-corrected chi connectivity index (χ1v) is 4.80. The summed E-state index contributed by atoms with van der Waals surface area (Å²) in [6.07, 6.45) is 0.594. The summed E-state index contributed by atoms with van der Waals surface area (Å²) in [5, 5.41) is 9.84. The molecular weight excluding hydrogens is 160 g/mol. The van der Waals surface area contributed by atoms with E-state index in [2.05, 4.69) is 39.0 Å². The minimum absolute atomic E-state index is 0.141. The third kappa shape index (κ3) is 1.28. The standard InChI is InChI=1S/C12H16O/c1-8-4-5-10-9(6-8)11(13)7-12(10,2)3/h4-6,11,13H,7H2,1-3H3. The van der Waals surface area contributed by atoms with Crippen LogP contribution in [0.3, 0.4) is 0 Å². The fourth-order valence-corrected chi connectivity index (χ4v) is 2.28. The van der Waals surface area contributed by atoms with Crippen molar-refractivity contribution in [1.82, 2.24) is 0 Å². The number of aliphatic hydroxyl groups is 1. The van der Waals surface area contributed by atoms with Gasteiger partial charge in [0.25, 0.3) is 0 Å². The van der Waals surface area contributed by atoms with Crippen LogP contribution >= 0.6 is 0 Å². The molecule has 1 aliphatic rings. The average molecular weight is 176 g/mol. The van der Waals surface area contributed by atoms with Gasteiger partial charge in [0.05, 0.1) is 6.10 Å². The van der Waals surface area contributed by atoms with E-state index >= 15 is 0 Å². The first-order valence-electron chi connectivity index (χ1n) is 4.80. The van der Waals surface area contributed by atoms with Crippen molar-refractivity contribution < 1.29 is 5.11 Å². The quantitative estimate of drug-likeness (QED) is 0.644. The number of fused-ring (bicyclic) bond motifs is 1. The van der Waals surface area contributed by atoms with Crippen LogP contribution in [0, 0.1) is 6.92 Å². The zero-order valence-electron chi connectivity index (χ0n) is 8.46. The van der Waals surface area contributed by atoms with E-state index in [1.807, 2.05) is 0 Å². The van der Waals surface area contributed by atoms with Crippen LogP contribution in [0.15, 0.2) is 18.2 Å². The highest BCUT2D eigenvalue weighted by Crippen LogP contribution is 2.44. The van der Waals surface area contributed by atoms with Gasteiger partial charge in [-0.25, -0.2) is 0 Å². The van der Waals surface area contributed by atoms with E-state index in [1.165, 1.54) is 11.1 Å². The molecule has 1 nitrogen and oxygen atoms in total. The molecule has 1 unspecified atom stereocenters. The number of hydrogen-bond acceptors (Lipinski definition) is 1. The summed E-state index contributed by atoms with van der Waals surface area (Å²) in [6, 6.07) is 6.38. The van der Waals surface area contributed by atoms with E-state index in [0.717, 1.165) is 12.0 Å². The van der Waals surface area contributed by atoms with Crippen molar-refractivity contribution in [2.24, 2.45) is 0 Å². The van der Waals surface area contributed by atoms with E-state index in [4.69, 9.17) is 0 Å². The number of hydrogen-bond donors (Lipinski definition) is 1. The Labute approximate surface area is 79.4 Å². The Morgan fingerprint density at radius 3 is 2.77 bits per heavy atom. The van der Waals surface area contributed by atoms with E-state index < -0.39 is 0 Å². The van der Waals surface area contributed by atoms with Gasteiger partial charge in [0.2, 0.25) is 0 Å². The Morgan fingerprint density at radius 1 is 1.38 bits per heavy atom. The Balaban J connectivity index is 2.59. The van der Waals surface area contributed by atoms with Gasteiger partial charge in [-0.15, -0.1) is 0 Å². The molecule has 70 valence electrons. The topological polar surface area (TPSA) is 20.2 Å². The highest BCUT2D eigenvalue weighted by molar-refractivity contribution is 5.42. The molecule has 0 aliphatic heterocycles. The lowest BCUT2D eigenvalue weighted by Gasteiger charge is -2.18. The van der Waals surface area contributed by atoms with Crippen LogP contribution < -0.4 is 0 Å². The zero-order valence-corrected chi connectivity index (χ0v) is 8.46. The second-order valence-corrected chi connectivity index (χ2v) is 4.69. The minimum Gasteiger partial charge on any atom is -0.388 e. The normalized spacial score (nSPS) is 24.5. The summed E-state index contributed by atoms with van der Waals surface area (Å²) in [5.41, 5.74) is 3.81. The Morgan fingerprint density at radius 2 is 2.08 bits per heavy atom. The van der Waals surface area contributed by atoms with E-state index in [0.29, 0.717) is 0 Å². The summed E-state index contributed by atoms with van der Waals surface area (Å²) >= 11 is 0. The molecule has 0 bridgehead atoms. The lowest BCUT2D eigenvalue weighted by Crippen LogP contribution is -2.12. The first kappa shape index (κ1) is 8.76. The van der Waals surface area contributed by atoms with Crippen LogP contribution in [0.5, 0.6) is 0 Å². The van der Waals surface area contributed by atoms with Gasteiger partial charge in [-0.1, -0.05) is 37.6 Å². The monoisotopic (exact) mass is 176 g/mol. The molecule has 0 saturated heterocycles. The second kappa shape index (κ2) is 2.58. The molecule has 1 atom stereocenters. The predicted octanol–water partition coefficient (Wildman–Crippen LogP) is 2.71. The maximum atomic E-state index is 9.84. The highest BCUT2D eigenvalue weighted by atomic mass is 16.3. The van der Waals surface area contributed by atoms with Crippen molar-refractivity contribution in [3.05, 3.63) is 34.9 Å². The molecule has 0 heterocycles. The van der Waals surface area contributed by atoms with Crippen molar-refractivity contribution >= 4 is 0 Å². The van der Waals surface area contributed by atoms with Gasteiger partial charge in [-0.2, -0.15) is 0 Å². The Kier molecular flexibility index (Phi) is 1.74.